The van der Waals surface area contributed by atoms with Gasteiger partial charge in [0, 0.05) is 35.4 Å². The highest BCUT2D eigenvalue weighted by Crippen LogP contribution is 2.33. The van der Waals surface area contributed by atoms with Crippen LogP contribution in [0.4, 0.5) is 16.2 Å². The zero-order chi connectivity index (χ0) is 19.4. The highest BCUT2D eigenvalue weighted by Gasteiger charge is 2.32. The molecule has 3 amide bonds. The summed E-state index contributed by atoms with van der Waals surface area (Å²) in [6.07, 6.45) is 0.220. The van der Waals surface area contributed by atoms with Gasteiger partial charge in [-0.05, 0) is 30.3 Å². The van der Waals surface area contributed by atoms with Gasteiger partial charge in [-0.15, -0.1) is 0 Å². The fraction of sp³-hybridized carbons (Fsp3) is 0.263. The first-order valence-electron chi connectivity index (χ1n) is 8.35. The van der Waals surface area contributed by atoms with Gasteiger partial charge < -0.3 is 25.0 Å². The van der Waals surface area contributed by atoms with E-state index in [1.165, 1.54) is 7.11 Å². The lowest BCUT2D eigenvalue weighted by Gasteiger charge is -2.19. The molecule has 1 fully saturated rings. The van der Waals surface area contributed by atoms with Crippen molar-refractivity contribution in [2.75, 3.05) is 31.0 Å². The van der Waals surface area contributed by atoms with E-state index in [4.69, 9.17) is 21.1 Å². The quantitative estimate of drug-likeness (QED) is 0.822. The molecule has 1 aliphatic heterocycles. The topological polar surface area (TPSA) is 79.9 Å². The van der Waals surface area contributed by atoms with E-state index in [0.29, 0.717) is 34.4 Å². The first-order valence-corrected chi connectivity index (χ1v) is 8.73. The standard InChI is InChI=1S/C19H20ClN3O4/c1-26-16-7-6-15(10-17(16)27-2)23-11-14(9-18(23)24)22-19(25)21-13-5-3-4-12(20)8-13/h3-8,10,14H,9,11H2,1-2H3,(H2,21,22,25)/t14-/m1/s1. The van der Waals surface area contributed by atoms with E-state index < -0.39 is 0 Å². The van der Waals surface area contributed by atoms with Crippen LogP contribution in [0, 0.1) is 0 Å². The van der Waals surface area contributed by atoms with Crippen molar-refractivity contribution < 1.29 is 19.1 Å². The first kappa shape index (κ1) is 18.8. The van der Waals surface area contributed by atoms with Crippen LogP contribution in [-0.2, 0) is 4.79 Å². The predicted molar refractivity (Wildman–Crippen MR) is 104 cm³/mol. The van der Waals surface area contributed by atoms with Gasteiger partial charge in [0.1, 0.15) is 0 Å². The Bertz CT molecular complexity index is 859. The van der Waals surface area contributed by atoms with Crippen LogP contribution >= 0.6 is 11.6 Å². The molecular formula is C19H20ClN3O4. The van der Waals surface area contributed by atoms with Gasteiger partial charge in [-0.25, -0.2) is 4.79 Å². The first-order chi connectivity index (χ1) is 13.0. The number of hydrogen-bond acceptors (Lipinski definition) is 4. The fourth-order valence-corrected chi connectivity index (χ4v) is 3.16. The number of amides is 3. The molecule has 0 saturated carbocycles. The van der Waals surface area contributed by atoms with Gasteiger partial charge in [0.05, 0.1) is 20.3 Å². The predicted octanol–water partition coefficient (Wildman–Crippen LogP) is 3.28. The van der Waals surface area contributed by atoms with Crippen molar-refractivity contribution in [3.05, 3.63) is 47.5 Å². The number of carbonyl (C=O) groups is 2. The summed E-state index contributed by atoms with van der Waals surface area (Å²) in [4.78, 5) is 26.2. The molecule has 2 N–H and O–H groups in total. The molecule has 142 valence electrons. The smallest absolute Gasteiger partial charge is 0.319 e. The largest absolute Gasteiger partial charge is 0.493 e. The molecule has 2 aromatic rings. The van der Waals surface area contributed by atoms with E-state index in [-0.39, 0.29) is 24.4 Å². The van der Waals surface area contributed by atoms with E-state index in [1.807, 2.05) is 0 Å². The van der Waals surface area contributed by atoms with Crippen molar-refractivity contribution in [3.8, 4) is 11.5 Å². The van der Waals surface area contributed by atoms with Crippen molar-refractivity contribution in [1.82, 2.24) is 5.32 Å². The fourth-order valence-electron chi connectivity index (χ4n) is 2.97. The summed E-state index contributed by atoms with van der Waals surface area (Å²) >= 11 is 5.91. The number of ether oxygens (including phenoxy) is 2. The van der Waals surface area contributed by atoms with Crippen LogP contribution in [0.5, 0.6) is 11.5 Å². The van der Waals surface area contributed by atoms with Crippen LogP contribution < -0.4 is 25.0 Å². The number of urea groups is 1. The molecule has 1 aliphatic rings. The SMILES string of the molecule is COc1ccc(N2C[C@H](NC(=O)Nc3cccc(Cl)c3)CC2=O)cc1OC. The van der Waals surface area contributed by atoms with Crippen LogP contribution in [0.2, 0.25) is 5.02 Å². The number of methoxy groups -OCH3 is 2. The van der Waals surface area contributed by atoms with E-state index in [2.05, 4.69) is 10.6 Å². The molecule has 0 aromatic heterocycles. The van der Waals surface area contributed by atoms with Crippen molar-refractivity contribution in [2.45, 2.75) is 12.5 Å². The molecule has 3 rings (SSSR count). The highest BCUT2D eigenvalue weighted by molar-refractivity contribution is 6.30. The maximum absolute atomic E-state index is 12.4. The lowest BCUT2D eigenvalue weighted by molar-refractivity contribution is -0.117. The molecule has 0 spiro atoms. The van der Waals surface area contributed by atoms with Crippen molar-refractivity contribution in [3.63, 3.8) is 0 Å². The number of rotatable bonds is 5. The summed E-state index contributed by atoms with van der Waals surface area (Å²) in [5.74, 6) is 1.05. The molecule has 0 radical (unpaired) electrons. The van der Waals surface area contributed by atoms with Gasteiger partial charge in [-0.1, -0.05) is 17.7 Å². The summed E-state index contributed by atoms with van der Waals surface area (Å²) in [5.41, 5.74) is 1.28. The van der Waals surface area contributed by atoms with Crippen LogP contribution in [0.3, 0.4) is 0 Å². The van der Waals surface area contributed by atoms with E-state index in [0.717, 1.165) is 0 Å². The summed E-state index contributed by atoms with van der Waals surface area (Å²) in [6, 6.07) is 11.4. The third-order valence-corrected chi connectivity index (χ3v) is 4.46. The molecule has 1 heterocycles. The number of nitrogens with zero attached hydrogens (tertiary/aromatic N) is 1. The number of hydrogen-bond donors (Lipinski definition) is 2. The summed E-state index contributed by atoms with van der Waals surface area (Å²) in [6.45, 7) is 0.372. The van der Waals surface area contributed by atoms with Crippen LogP contribution in [0.15, 0.2) is 42.5 Å². The minimum absolute atomic E-state index is 0.0738. The number of benzene rings is 2. The highest BCUT2D eigenvalue weighted by atomic mass is 35.5. The second-order valence-corrected chi connectivity index (χ2v) is 6.49. The zero-order valence-electron chi connectivity index (χ0n) is 15.0. The van der Waals surface area contributed by atoms with Gasteiger partial charge in [0.15, 0.2) is 11.5 Å². The molecule has 1 saturated heterocycles. The molecule has 27 heavy (non-hydrogen) atoms. The zero-order valence-corrected chi connectivity index (χ0v) is 15.7. The Labute approximate surface area is 162 Å². The summed E-state index contributed by atoms with van der Waals surface area (Å²) in [7, 11) is 3.09. The molecule has 0 bridgehead atoms. The Kier molecular flexibility index (Phi) is 5.71. The minimum atomic E-state index is -0.385. The molecule has 1 atom stereocenters. The molecule has 2 aromatic carbocycles. The Morgan fingerprint density at radius 2 is 1.93 bits per heavy atom. The second-order valence-electron chi connectivity index (χ2n) is 6.05. The van der Waals surface area contributed by atoms with E-state index in [9.17, 15) is 9.59 Å². The molecule has 0 unspecified atom stereocenters. The Morgan fingerprint density at radius 1 is 1.15 bits per heavy atom. The average molecular weight is 390 g/mol. The maximum atomic E-state index is 12.4. The van der Waals surface area contributed by atoms with E-state index >= 15 is 0 Å². The number of carbonyl (C=O) groups excluding carboxylic acids is 2. The number of anilines is 2. The van der Waals surface area contributed by atoms with Crippen molar-refractivity contribution in [1.29, 1.82) is 0 Å². The van der Waals surface area contributed by atoms with Crippen molar-refractivity contribution in [2.24, 2.45) is 0 Å². The van der Waals surface area contributed by atoms with Crippen LogP contribution in [-0.4, -0.2) is 38.7 Å². The summed E-state index contributed by atoms with van der Waals surface area (Å²) < 4.78 is 10.5. The Hall–Kier alpha value is -2.93. The van der Waals surface area contributed by atoms with Gasteiger partial charge in [0.25, 0.3) is 0 Å². The lowest BCUT2D eigenvalue weighted by Crippen LogP contribution is -2.39. The molecular weight excluding hydrogens is 370 g/mol. The third-order valence-electron chi connectivity index (χ3n) is 4.22. The molecule has 8 heteroatoms. The maximum Gasteiger partial charge on any atom is 0.319 e. The van der Waals surface area contributed by atoms with Gasteiger partial charge in [0.2, 0.25) is 5.91 Å². The normalized spacial score (nSPS) is 16.2. The van der Waals surface area contributed by atoms with Crippen LogP contribution in [0.25, 0.3) is 0 Å². The number of nitrogens with one attached hydrogen (secondary N) is 2. The lowest BCUT2D eigenvalue weighted by atomic mass is 10.2. The summed E-state index contributed by atoms with van der Waals surface area (Å²) in [5, 5.41) is 6.06. The third kappa shape index (κ3) is 4.43. The number of halogens is 1. The van der Waals surface area contributed by atoms with Gasteiger partial charge >= 0.3 is 6.03 Å². The van der Waals surface area contributed by atoms with Gasteiger partial charge in [-0.3, -0.25) is 4.79 Å². The minimum Gasteiger partial charge on any atom is -0.493 e. The second kappa shape index (κ2) is 8.18. The van der Waals surface area contributed by atoms with Crippen molar-refractivity contribution >= 4 is 34.9 Å². The Morgan fingerprint density at radius 3 is 2.63 bits per heavy atom. The van der Waals surface area contributed by atoms with Gasteiger partial charge in [-0.2, -0.15) is 0 Å². The Balaban J connectivity index is 1.64. The van der Waals surface area contributed by atoms with E-state index in [1.54, 1.807) is 54.5 Å². The molecule has 0 aliphatic carbocycles. The molecule has 7 nitrogen and oxygen atoms in total. The van der Waals surface area contributed by atoms with Crippen LogP contribution in [0.1, 0.15) is 6.42 Å². The average Bonchev–Trinajstić information content (AvgIpc) is 3.01. The monoisotopic (exact) mass is 389 g/mol.